The maximum absolute atomic E-state index is 12.7. The quantitative estimate of drug-likeness (QED) is 0.342. The number of methoxy groups -OCH3 is 1. The Hall–Kier alpha value is -4.17. The molecule has 34 heavy (non-hydrogen) atoms. The number of ether oxygens (including phenoxy) is 1. The third-order valence-electron chi connectivity index (χ3n) is 4.94. The summed E-state index contributed by atoms with van der Waals surface area (Å²) in [5.74, 6) is -0.00836. The molecule has 4 rings (SSSR count). The number of hydrogen-bond acceptors (Lipinski definition) is 5. The average molecular weight is 473 g/mol. The molecule has 172 valence electrons. The molecule has 0 bridgehead atoms. The van der Waals surface area contributed by atoms with E-state index in [-0.39, 0.29) is 11.8 Å². The normalized spacial score (nSPS) is 10.9. The average Bonchev–Trinajstić information content (AvgIpc) is 3.49. The highest BCUT2D eigenvalue weighted by Crippen LogP contribution is 2.29. The van der Waals surface area contributed by atoms with Crippen LogP contribution in [-0.2, 0) is 16.1 Å². The van der Waals surface area contributed by atoms with Crippen LogP contribution in [0.25, 0.3) is 16.6 Å². The zero-order valence-corrected chi connectivity index (χ0v) is 19.6. The monoisotopic (exact) mass is 472 g/mol. The Balaban J connectivity index is 1.57. The van der Waals surface area contributed by atoms with Crippen LogP contribution in [-0.4, -0.2) is 28.7 Å². The number of nitrogens with one attached hydrogen (secondary N) is 2. The highest BCUT2D eigenvalue weighted by atomic mass is 32.1. The molecule has 0 aliphatic carbocycles. The first-order chi connectivity index (χ1) is 16.5. The van der Waals surface area contributed by atoms with Gasteiger partial charge in [0, 0.05) is 30.8 Å². The molecule has 0 radical (unpaired) electrons. The number of aromatic nitrogens is 2. The molecule has 7 nitrogen and oxygen atoms in total. The Bertz CT molecular complexity index is 1310. The fourth-order valence-electron chi connectivity index (χ4n) is 3.41. The molecule has 0 fully saturated rings. The molecular weight excluding hydrogens is 448 g/mol. The lowest BCUT2D eigenvalue weighted by atomic mass is 10.2. The fourth-order valence-corrected chi connectivity index (χ4v) is 4.14. The number of carbonyl (C=O) groups is 2. The van der Waals surface area contributed by atoms with E-state index >= 15 is 0 Å². The van der Waals surface area contributed by atoms with Crippen LogP contribution in [0.15, 0.2) is 78.3 Å². The van der Waals surface area contributed by atoms with Crippen molar-refractivity contribution in [1.82, 2.24) is 9.78 Å². The van der Waals surface area contributed by atoms with Crippen LogP contribution in [0.1, 0.15) is 18.1 Å². The minimum Gasteiger partial charge on any atom is -0.497 e. The summed E-state index contributed by atoms with van der Waals surface area (Å²) in [5.41, 5.74) is 3.73. The lowest BCUT2D eigenvalue weighted by molar-refractivity contribution is -0.114. The number of hydrogen-bond donors (Lipinski definition) is 2. The smallest absolute Gasteiger partial charge is 0.248 e. The van der Waals surface area contributed by atoms with Crippen molar-refractivity contribution in [1.29, 1.82) is 0 Å². The van der Waals surface area contributed by atoms with Gasteiger partial charge in [0.1, 0.15) is 11.4 Å². The van der Waals surface area contributed by atoms with E-state index in [0.29, 0.717) is 23.7 Å². The predicted octanol–water partition coefficient (Wildman–Crippen LogP) is 5.28. The van der Waals surface area contributed by atoms with Gasteiger partial charge in [0.25, 0.3) is 0 Å². The zero-order chi connectivity index (χ0) is 23.9. The van der Waals surface area contributed by atoms with Crippen molar-refractivity contribution in [3.63, 3.8) is 0 Å². The van der Waals surface area contributed by atoms with E-state index in [1.807, 2.05) is 46.6 Å². The molecule has 0 atom stereocenters. The Morgan fingerprint density at radius 2 is 1.88 bits per heavy atom. The van der Waals surface area contributed by atoms with Gasteiger partial charge < -0.3 is 15.4 Å². The summed E-state index contributed by atoms with van der Waals surface area (Å²) in [6, 6.07) is 19.1. The number of nitrogens with zero attached hydrogens (tertiary/aromatic N) is 2. The summed E-state index contributed by atoms with van der Waals surface area (Å²) in [6.07, 6.45) is 5.13. The van der Waals surface area contributed by atoms with E-state index < -0.39 is 0 Å². The summed E-state index contributed by atoms with van der Waals surface area (Å²) in [4.78, 5) is 25.3. The number of carbonyl (C=O) groups excluding carboxylic acids is 2. The van der Waals surface area contributed by atoms with Gasteiger partial charge in [-0.3, -0.25) is 14.3 Å². The van der Waals surface area contributed by atoms with Crippen molar-refractivity contribution < 1.29 is 14.3 Å². The molecule has 4 aromatic rings. The van der Waals surface area contributed by atoms with Crippen LogP contribution in [0, 0.1) is 0 Å². The second kappa shape index (κ2) is 10.6. The van der Waals surface area contributed by atoms with Crippen molar-refractivity contribution in [2.45, 2.75) is 13.5 Å². The Morgan fingerprint density at radius 1 is 1.06 bits per heavy atom. The van der Waals surface area contributed by atoms with Crippen molar-refractivity contribution in [2.75, 3.05) is 17.7 Å². The number of thiophene rings is 1. The van der Waals surface area contributed by atoms with Gasteiger partial charge in [-0.1, -0.05) is 36.4 Å². The minimum absolute atomic E-state index is 0.234. The van der Waals surface area contributed by atoms with Crippen LogP contribution in [0.2, 0.25) is 0 Å². The molecule has 2 aromatic carbocycles. The minimum atomic E-state index is -0.340. The van der Waals surface area contributed by atoms with E-state index in [1.54, 1.807) is 35.6 Å². The topological polar surface area (TPSA) is 85.3 Å². The third-order valence-corrected chi connectivity index (χ3v) is 5.82. The first-order valence-corrected chi connectivity index (χ1v) is 11.5. The molecule has 2 heterocycles. The van der Waals surface area contributed by atoms with Crippen LogP contribution < -0.4 is 15.4 Å². The van der Waals surface area contributed by atoms with Crippen LogP contribution in [0.5, 0.6) is 5.75 Å². The van der Waals surface area contributed by atoms with Crippen molar-refractivity contribution in [3.05, 3.63) is 89.4 Å². The van der Waals surface area contributed by atoms with E-state index in [0.717, 1.165) is 21.7 Å². The highest BCUT2D eigenvalue weighted by molar-refractivity contribution is 7.13. The number of rotatable bonds is 8. The summed E-state index contributed by atoms with van der Waals surface area (Å²) in [6.45, 7) is 2.04. The summed E-state index contributed by atoms with van der Waals surface area (Å²) in [7, 11) is 1.54. The van der Waals surface area contributed by atoms with Gasteiger partial charge in [0.15, 0.2) is 0 Å². The molecule has 2 amide bonds. The van der Waals surface area contributed by atoms with Crippen LogP contribution >= 0.6 is 11.3 Å². The summed E-state index contributed by atoms with van der Waals surface area (Å²) < 4.78 is 7.12. The molecular formula is C26H24N4O3S. The highest BCUT2D eigenvalue weighted by Gasteiger charge is 2.12. The molecule has 0 spiro atoms. The third kappa shape index (κ3) is 5.79. The van der Waals surface area contributed by atoms with E-state index in [9.17, 15) is 9.59 Å². The summed E-state index contributed by atoms with van der Waals surface area (Å²) in [5, 5.41) is 12.3. The standard InChI is InChI=1S/C26H24N4O3S/c1-18(31)27-22-12-11-21(33-2)15-23(22)28-25(32)13-10-20-17-30(16-19-7-4-3-5-8-19)29-26(20)24-9-6-14-34-24/h3-15,17H,16H2,1-2H3,(H,27,31)(H,28,32)/b13-10+. The van der Waals surface area contributed by atoms with Gasteiger partial charge in [-0.05, 0) is 35.2 Å². The molecule has 0 saturated heterocycles. The maximum Gasteiger partial charge on any atom is 0.248 e. The molecule has 2 N–H and O–H groups in total. The maximum atomic E-state index is 12.7. The molecule has 0 saturated carbocycles. The predicted molar refractivity (Wildman–Crippen MR) is 136 cm³/mol. The van der Waals surface area contributed by atoms with Crippen molar-refractivity contribution in [3.8, 4) is 16.3 Å². The molecule has 2 aromatic heterocycles. The van der Waals surface area contributed by atoms with Gasteiger partial charge in [0.2, 0.25) is 11.8 Å². The van der Waals surface area contributed by atoms with Crippen molar-refractivity contribution >= 4 is 40.6 Å². The molecule has 0 unspecified atom stereocenters. The van der Waals surface area contributed by atoms with E-state index in [2.05, 4.69) is 22.8 Å². The number of benzene rings is 2. The Kier molecular flexibility index (Phi) is 7.19. The second-order valence-corrected chi connectivity index (χ2v) is 8.46. The van der Waals surface area contributed by atoms with Gasteiger partial charge in [-0.2, -0.15) is 5.10 Å². The SMILES string of the molecule is COc1ccc(NC(C)=O)c(NC(=O)/C=C/c2cn(Cc3ccccc3)nc2-c2cccs2)c1. The van der Waals surface area contributed by atoms with Crippen molar-refractivity contribution in [2.24, 2.45) is 0 Å². The second-order valence-electron chi connectivity index (χ2n) is 7.51. The fraction of sp³-hybridized carbons (Fsp3) is 0.115. The molecule has 0 aliphatic rings. The number of amides is 2. The molecule has 8 heteroatoms. The van der Waals surface area contributed by atoms with Gasteiger partial charge >= 0.3 is 0 Å². The largest absolute Gasteiger partial charge is 0.497 e. The van der Waals surface area contributed by atoms with E-state index in [4.69, 9.17) is 9.84 Å². The zero-order valence-electron chi connectivity index (χ0n) is 18.8. The lowest BCUT2D eigenvalue weighted by Crippen LogP contribution is -2.13. The molecule has 0 aliphatic heterocycles. The first-order valence-electron chi connectivity index (χ1n) is 10.6. The van der Waals surface area contributed by atoms with Gasteiger partial charge in [0.05, 0.1) is 29.9 Å². The van der Waals surface area contributed by atoms with Crippen LogP contribution in [0.4, 0.5) is 11.4 Å². The van der Waals surface area contributed by atoms with Crippen LogP contribution in [0.3, 0.4) is 0 Å². The summed E-state index contributed by atoms with van der Waals surface area (Å²) >= 11 is 1.59. The van der Waals surface area contributed by atoms with Gasteiger partial charge in [-0.25, -0.2) is 0 Å². The first kappa shape index (κ1) is 23.0. The Labute approximate surface area is 201 Å². The Morgan fingerprint density at radius 3 is 2.59 bits per heavy atom. The number of anilines is 2. The lowest BCUT2D eigenvalue weighted by Gasteiger charge is -2.12. The van der Waals surface area contributed by atoms with Gasteiger partial charge in [-0.15, -0.1) is 11.3 Å². The van der Waals surface area contributed by atoms with E-state index in [1.165, 1.54) is 20.1 Å².